The van der Waals surface area contributed by atoms with E-state index < -0.39 is 47.7 Å². The summed E-state index contributed by atoms with van der Waals surface area (Å²) in [5, 5.41) is 23.5. The second kappa shape index (κ2) is 17.8. The van der Waals surface area contributed by atoms with Crippen LogP contribution in [0.25, 0.3) is 5.57 Å². The Kier molecular flexibility index (Phi) is 15.2. The van der Waals surface area contributed by atoms with Gasteiger partial charge >= 0.3 is 35.5 Å². The van der Waals surface area contributed by atoms with Gasteiger partial charge in [-0.25, -0.2) is 8.42 Å². The van der Waals surface area contributed by atoms with Crippen molar-refractivity contribution in [3.63, 3.8) is 0 Å². The number of fused-ring (bicyclic) bond motifs is 1. The molecule has 0 saturated carbocycles. The Morgan fingerprint density at radius 3 is 2.61 bits per heavy atom. The summed E-state index contributed by atoms with van der Waals surface area (Å²) in [7, 11) is -5.37. The minimum Gasteiger partial charge on any atom is -0.726 e. The molecule has 3 rings (SSSR count). The zero-order valence-electron chi connectivity index (χ0n) is 24.3. The molecule has 1 fully saturated rings. The number of amides is 1. The zero-order valence-corrected chi connectivity index (χ0v) is 27.2. The van der Waals surface area contributed by atoms with Gasteiger partial charge in [0.15, 0.2) is 6.10 Å². The monoisotopic (exact) mass is 651 g/mol. The molecule has 2 heterocycles. The quantitative estimate of drug-likeness (QED) is 0.0419. The van der Waals surface area contributed by atoms with Gasteiger partial charge in [0.2, 0.25) is 22.6 Å². The number of unbranched alkanes of at least 4 members (excludes halogenated alkanes) is 2. The summed E-state index contributed by atoms with van der Waals surface area (Å²) in [6.07, 6.45) is -4.79. The van der Waals surface area contributed by atoms with Crippen molar-refractivity contribution in [3.05, 3.63) is 42.2 Å². The summed E-state index contributed by atoms with van der Waals surface area (Å²) in [5.41, 5.74) is 1.13. The van der Waals surface area contributed by atoms with Crippen LogP contribution in [0.3, 0.4) is 0 Å². The van der Waals surface area contributed by atoms with Crippen molar-refractivity contribution >= 4 is 34.3 Å². The number of hydrogen-bond donors (Lipinski definition) is 3. The zero-order chi connectivity index (χ0) is 31.6. The van der Waals surface area contributed by atoms with Gasteiger partial charge in [-0.3, -0.25) is 18.6 Å². The maximum atomic E-state index is 12.6. The van der Waals surface area contributed by atoms with E-state index in [1.54, 1.807) is 19.1 Å². The molecule has 5 unspecified atom stereocenters. The number of rotatable bonds is 16. The number of benzene rings is 1. The van der Waals surface area contributed by atoms with Gasteiger partial charge in [-0.2, -0.15) is 0 Å². The number of aliphatic hydroxyl groups excluding tert-OH is 2. The molecule has 0 aliphatic carbocycles. The second-order valence-electron chi connectivity index (χ2n) is 9.58. The third-order valence-electron chi connectivity index (χ3n) is 6.37. The van der Waals surface area contributed by atoms with E-state index in [1.807, 2.05) is 0 Å². The fourth-order valence-corrected chi connectivity index (χ4v) is 4.90. The maximum absolute atomic E-state index is 12.6. The number of esters is 1. The summed E-state index contributed by atoms with van der Waals surface area (Å²) in [6, 6.07) is 4.38. The summed E-state index contributed by atoms with van der Waals surface area (Å²) >= 11 is 0. The number of carbonyl (C=O) groups is 3. The molecule has 17 heteroatoms. The molecule has 3 N–H and O–H groups in total. The number of hydrogen-bond acceptors (Lipinski definition) is 14. The van der Waals surface area contributed by atoms with E-state index in [2.05, 4.69) is 20.8 Å². The van der Waals surface area contributed by atoms with Gasteiger partial charge in [-0.05, 0) is 43.5 Å². The maximum Gasteiger partial charge on any atom is 1.00 e. The van der Waals surface area contributed by atoms with Crippen molar-refractivity contribution in [1.82, 2.24) is 5.32 Å². The fraction of sp³-hybridized carbons (Fsp3) is 0.519. The number of ether oxygens (including phenoxy) is 5. The van der Waals surface area contributed by atoms with Crippen LogP contribution in [-0.2, 0) is 43.2 Å². The normalized spacial score (nSPS) is 22.8. The number of carbonyl (C=O) groups excluding carboxylic acids is 3. The Labute approximate surface area is 276 Å². The molecule has 15 nitrogen and oxygen atoms in total. The third-order valence-corrected chi connectivity index (χ3v) is 6.82. The van der Waals surface area contributed by atoms with Gasteiger partial charge in [0.25, 0.3) is 6.47 Å². The molecule has 0 bridgehead atoms. The summed E-state index contributed by atoms with van der Waals surface area (Å²) in [6.45, 7) is 5.86. The molecule has 0 aromatic heterocycles. The van der Waals surface area contributed by atoms with Crippen LogP contribution in [0.1, 0.15) is 44.6 Å². The molecule has 2 aliphatic rings. The summed E-state index contributed by atoms with van der Waals surface area (Å²) in [4.78, 5) is 34.6. The van der Waals surface area contributed by atoms with E-state index in [4.69, 9.17) is 18.9 Å². The topological polar surface area (TPSA) is 216 Å². The van der Waals surface area contributed by atoms with Gasteiger partial charge in [0.05, 0.1) is 13.0 Å². The number of nitrogens with one attached hydrogen (secondary N) is 1. The average Bonchev–Trinajstić information content (AvgIpc) is 2.93. The first-order valence-electron chi connectivity index (χ1n) is 13.4. The van der Waals surface area contributed by atoms with E-state index in [0.717, 1.165) is 6.42 Å². The Hall–Kier alpha value is -2.54. The first-order chi connectivity index (χ1) is 20.4. The van der Waals surface area contributed by atoms with E-state index in [0.29, 0.717) is 43.6 Å². The van der Waals surface area contributed by atoms with Crippen LogP contribution < -0.4 is 44.3 Å². The Morgan fingerprint density at radius 1 is 1.18 bits per heavy atom. The Bertz CT molecular complexity index is 1300. The van der Waals surface area contributed by atoms with Crippen LogP contribution in [0, 0.1) is 0 Å². The van der Waals surface area contributed by atoms with Crippen molar-refractivity contribution in [2.24, 2.45) is 0 Å². The predicted octanol–water partition coefficient (Wildman–Crippen LogP) is -2.55. The molecule has 1 aromatic rings. The molecule has 44 heavy (non-hydrogen) atoms. The van der Waals surface area contributed by atoms with Crippen LogP contribution in [-0.4, -0.2) is 92.0 Å². The first-order valence-corrected chi connectivity index (χ1v) is 14.8. The molecule has 1 aromatic carbocycles. The van der Waals surface area contributed by atoms with E-state index in [1.165, 1.54) is 12.1 Å². The van der Waals surface area contributed by atoms with Crippen LogP contribution in [0.5, 0.6) is 11.5 Å². The third kappa shape index (κ3) is 11.4. The molecule has 2 aliphatic heterocycles. The first kappa shape index (κ1) is 37.6. The van der Waals surface area contributed by atoms with Crippen molar-refractivity contribution in [3.8, 4) is 11.5 Å². The van der Waals surface area contributed by atoms with Crippen LogP contribution in [0.15, 0.2) is 36.6 Å². The largest absolute Gasteiger partial charge is 1.00 e. The number of allylic oxidation sites excluding steroid dienone is 1. The molecule has 238 valence electrons. The van der Waals surface area contributed by atoms with Gasteiger partial charge in [0.1, 0.15) is 42.2 Å². The number of aliphatic hydroxyl groups is 2. The minimum absolute atomic E-state index is 0. The van der Waals surface area contributed by atoms with Gasteiger partial charge in [-0.1, -0.05) is 13.0 Å². The Morgan fingerprint density at radius 2 is 1.93 bits per heavy atom. The average molecular weight is 652 g/mol. The van der Waals surface area contributed by atoms with Crippen molar-refractivity contribution in [1.29, 1.82) is 0 Å². The standard InChI is InChI=1S/C27H35NO14S.Na/c1-3-38-23(31)7-5-4-6-10-28-22(30)12-17-11-16(2)39-20-13-18(8-9-19(17)20)40-27-26(42-43(34,35)36)25(33)24(32)21(41-27)14-37-15-29;/h8-9,11,13,15,21,24-27,32-33H,2-7,10,12,14H2,1H3,(H,28,30)(H,34,35,36);/q;+1/p-1. The van der Waals surface area contributed by atoms with E-state index in [-0.39, 0.29) is 71.6 Å². The van der Waals surface area contributed by atoms with Gasteiger partial charge in [-0.15, -0.1) is 0 Å². The summed E-state index contributed by atoms with van der Waals surface area (Å²) in [5.74, 6) is -0.0182. The van der Waals surface area contributed by atoms with Gasteiger partial charge in [0, 0.05) is 24.6 Å². The molecular formula is C27H34NNaO14S. The second-order valence-corrected chi connectivity index (χ2v) is 10.6. The van der Waals surface area contributed by atoms with Crippen molar-refractivity contribution < 1.29 is 95.0 Å². The van der Waals surface area contributed by atoms with E-state index in [9.17, 15) is 37.6 Å². The molecule has 1 saturated heterocycles. The predicted molar refractivity (Wildman–Crippen MR) is 145 cm³/mol. The molecule has 1 amide bonds. The SMILES string of the molecule is C=C1C=C(CC(=O)NCCCCCC(=O)OCC)c2ccc(OC3OC(COC=O)C(O)C(O)C3OS(=O)(=O)[O-])cc2O1.[Na+]. The molecule has 0 spiro atoms. The molecular weight excluding hydrogens is 617 g/mol. The molecule has 5 atom stereocenters. The fourth-order valence-electron chi connectivity index (χ4n) is 4.43. The summed E-state index contributed by atoms with van der Waals surface area (Å²) < 4.78 is 64.5. The Balaban J connectivity index is 0.00000675. The van der Waals surface area contributed by atoms with Crippen molar-refractivity contribution in [2.75, 3.05) is 19.8 Å². The van der Waals surface area contributed by atoms with E-state index >= 15 is 0 Å². The van der Waals surface area contributed by atoms with Crippen LogP contribution in [0.2, 0.25) is 0 Å². The van der Waals surface area contributed by atoms with Gasteiger partial charge < -0.3 is 43.8 Å². The van der Waals surface area contributed by atoms with Crippen molar-refractivity contribution in [2.45, 2.75) is 69.7 Å². The smallest absolute Gasteiger partial charge is 0.726 e. The van der Waals surface area contributed by atoms with Crippen LogP contribution in [0.4, 0.5) is 0 Å². The molecule has 0 radical (unpaired) electrons. The minimum atomic E-state index is -5.37. The van der Waals surface area contributed by atoms with Crippen LogP contribution >= 0.6 is 0 Å².